The Kier molecular flexibility index (Phi) is 4.35. The summed E-state index contributed by atoms with van der Waals surface area (Å²) in [5.74, 6) is 0.986. The highest BCUT2D eigenvalue weighted by Crippen LogP contribution is 2.18. The summed E-state index contributed by atoms with van der Waals surface area (Å²) < 4.78 is 1.86. The number of hydrogen-bond acceptors (Lipinski definition) is 5. The largest absolute Gasteiger partial charge is 0.312 e. The van der Waals surface area contributed by atoms with Crippen molar-refractivity contribution >= 4 is 11.8 Å². The molecule has 1 aliphatic rings. The fraction of sp³-hybridized carbons (Fsp3) is 0.700. The van der Waals surface area contributed by atoms with Gasteiger partial charge >= 0.3 is 0 Å². The van der Waals surface area contributed by atoms with Gasteiger partial charge in [0.1, 0.15) is 0 Å². The van der Waals surface area contributed by atoms with Crippen molar-refractivity contribution in [3.63, 3.8) is 0 Å². The van der Waals surface area contributed by atoms with Crippen molar-refractivity contribution in [1.29, 1.82) is 0 Å². The van der Waals surface area contributed by atoms with Crippen molar-refractivity contribution in [1.82, 2.24) is 25.5 Å². The van der Waals surface area contributed by atoms with Crippen LogP contribution in [0.5, 0.6) is 0 Å². The van der Waals surface area contributed by atoms with E-state index in [2.05, 4.69) is 27.4 Å². The van der Waals surface area contributed by atoms with Crippen LogP contribution in [-0.2, 0) is 6.54 Å². The van der Waals surface area contributed by atoms with Crippen molar-refractivity contribution in [2.24, 2.45) is 0 Å². The molecule has 0 amide bonds. The van der Waals surface area contributed by atoms with E-state index >= 15 is 0 Å². The summed E-state index contributed by atoms with van der Waals surface area (Å²) in [7, 11) is 0. The first-order chi connectivity index (χ1) is 7.90. The van der Waals surface area contributed by atoms with E-state index < -0.39 is 0 Å². The van der Waals surface area contributed by atoms with E-state index in [1.54, 1.807) is 11.8 Å². The Bertz CT molecular complexity index is 334. The number of hydrogen-bond donors (Lipinski definition) is 1. The Hall–Kier alpha value is -0.880. The molecule has 16 heavy (non-hydrogen) atoms. The fourth-order valence-electron chi connectivity index (χ4n) is 1.34. The molecule has 88 valence electrons. The summed E-state index contributed by atoms with van der Waals surface area (Å²) in [5, 5.41) is 16.0. The molecule has 1 fully saturated rings. The highest BCUT2D eigenvalue weighted by atomic mass is 32.2. The maximum atomic E-state index is 4.00. The van der Waals surface area contributed by atoms with E-state index in [0.717, 1.165) is 36.5 Å². The molecule has 0 atom stereocenters. The molecule has 0 unspecified atom stereocenters. The Morgan fingerprint density at radius 1 is 1.56 bits per heavy atom. The first kappa shape index (κ1) is 11.6. The minimum atomic E-state index is 0.744. The lowest BCUT2D eigenvalue weighted by atomic mass is 10.5. The first-order valence-electron chi connectivity index (χ1n) is 5.63. The van der Waals surface area contributed by atoms with E-state index in [0.29, 0.717) is 0 Å². The first-order valence-corrected chi connectivity index (χ1v) is 6.62. The minimum absolute atomic E-state index is 0.744. The summed E-state index contributed by atoms with van der Waals surface area (Å²) in [6, 6.07) is 0.744. The van der Waals surface area contributed by atoms with E-state index in [1.165, 1.54) is 12.8 Å². The van der Waals surface area contributed by atoms with Crippen LogP contribution in [0.1, 0.15) is 19.3 Å². The molecule has 0 saturated heterocycles. The van der Waals surface area contributed by atoms with Crippen LogP contribution in [0.2, 0.25) is 0 Å². The van der Waals surface area contributed by atoms with E-state index in [-0.39, 0.29) is 0 Å². The Morgan fingerprint density at radius 3 is 3.19 bits per heavy atom. The highest BCUT2D eigenvalue weighted by molar-refractivity contribution is 7.99. The molecule has 0 aromatic carbocycles. The molecule has 0 aliphatic heterocycles. The second-order valence-electron chi connectivity index (χ2n) is 3.84. The molecule has 1 saturated carbocycles. The molecule has 1 heterocycles. The zero-order valence-corrected chi connectivity index (χ0v) is 10.1. The van der Waals surface area contributed by atoms with Crippen molar-refractivity contribution in [3.8, 4) is 0 Å². The zero-order chi connectivity index (χ0) is 11.2. The second kappa shape index (κ2) is 6.00. The van der Waals surface area contributed by atoms with Gasteiger partial charge in [0.15, 0.2) is 0 Å². The average molecular weight is 239 g/mol. The number of thioether (sulfide) groups is 1. The van der Waals surface area contributed by atoms with Gasteiger partial charge in [-0.05, 0) is 29.7 Å². The number of nitrogens with zero attached hydrogens (tertiary/aromatic N) is 4. The van der Waals surface area contributed by atoms with Crippen molar-refractivity contribution < 1.29 is 0 Å². The van der Waals surface area contributed by atoms with Crippen LogP contribution < -0.4 is 5.32 Å². The molecular weight excluding hydrogens is 222 g/mol. The summed E-state index contributed by atoms with van der Waals surface area (Å²) >= 11 is 1.68. The third-order valence-electron chi connectivity index (χ3n) is 2.39. The maximum Gasteiger partial charge on any atom is 0.209 e. The number of rotatable bonds is 8. The van der Waals surface area contributed by atoms with E-state index in [9.17, 15) is 0 Å². The van der Waals surface area contributed by atoms with Gasteiger partial charge in [0.25, 0.3) is 0 Å². The van der Waals surface area contributed by atoms with Gasteiger partial charge in [-0.1, -0.05) is 17.8 Å². The normalized spacial score (nSPS) is 15.2. The third kappa shape index (κ3) is 3.61. The smallest absolute Gasteiger partial charge is 0.209 e. The van der Waals surface area contributed by atoms with Crippen molar-refractivity contribution in [2.75, 3.05) is 12.3 Å². The SMILES string of the molecule is C=CCCSc1nnnn1CCNC1CC1. The van der Waals surface area contributed by atoms with Gasteiger partial charge in [0.2, 0.25) is 5.16 Å². The molecule has 1 aromatic rings. The number of nitrogens with one attached hydrogen (secondary N) is 1. The van der Waals surface area contributed by atoms with Crippen molar-refractivity contribution in [3.05, 3.63) is 12.7 Å². The number of allylic oxidation sites excluding steroid dienone is 1. The number of tetrazole rings is 1. The van der Waals surface area contributed by atoms with Crippen LogP contribution >= 0.6 is 11.8 Å². The summed E-state index contributed by atoms with van der Waals surface area (Å²) in [6.45, 7) is 5.49. The van der Waals surface area contributed by atoms with Gasteiger partial charge in [-0.15, -0.1) is 11.7 Å². The Morgan fingerprint density at radius 2 is 2.44 bits per heavy atom. The molecule has 1 aliphatic carbocycles. The summed E-state index contributed by atoms with van der Waals surface area (Å²) in [6.07, 6.45) is 5.53. The Labute approximate surface area is 99.7 Å². The predicted octanol–water partition coefficient (Wildman–Crippen LogP) is 1.09. The van der Waals surface area contributed by atoms with Gasteiger partial charge in [0.05, 0.1) is 6.54 Å². The van der Waals surface area contributed by atoms with Crippen molar-refractivity contribution in [2.45, 2.75) is 37.0 Å². The summed E-state index contributed by atoms with van der Waals surface area (Å²) in [4.78, 5) is 0. The zero-order valence-electron chi connectivity index (χ0n) is 9.30. The maximum absolute atomic E-state index is 4.00. The molecule has 1 aromatic heterocycles. The van der Waals surface area contributed by atoms with Crippen LogP contribution in [0.15, 0.2) is 17.8 Å². The topological polar surface area (TPSA) is 55.6 Å². The fourth-order valence-corrected chi connectivity index (χ4v) is 2.17. The lowest BCUT2D eigenvalue weighted by Gasteiger charge is -2.04. The standard InChI is InChI=1S/C10H17N5S/c1-2-3-8-16-10-12-13-14-15(10)7-6-11-9-4-5-9/h2,9,11H,1,3-8H2. The molecule has 5 nitrogen and oxygen atoms in total. The monoisotopic (exact) mass is 239 g/mol. The van der Waals surface area contributed by atoms with Crippen LogP contribution in [0, 0.1) is 0 Å². The minimum Gasteiger partial charge on any atom is -0.312 e. The predicted molar refractivity (Wildman–Crippen MR) is 64.4 cm³/mol. The summed E-state index contributed by atoms with van der Waals surface area (Å²) in [5.41, 5.74) is 0. The molecule has 0 spiro atoms. The van der Waals surface area contributed by atoms with Gasteiger partial charge in [-0.25, -0.2) is 4.68 Å². The van der Waals surface area contributed by atoms with Crippen LogP contribution in [0.25, 0.3) is 0 Å². The lowest BCUT2D eigenvalue weighted by molar-refractivity contribution is 0.509. The molecule has 2 rings (SSSR count). The molecule has 0 bridgehead atoms. The molecular formula is C10H17N5S. The number of aromatic nitrogens is 4. The van der Waals surface area contributed by atoms with Gasteiger partial charge in [0, 0.05) is 18.3 Å². The Balaban J connectivity index is 1.73. The van der Waals surface area contributed by atoms with Gasteiger partial charge in [-0.3, -0.25) is 0 Å². The van der Waals surface area contributed by atoms with Crippen LogP contribution in [-0.4, -0.2) is 38.5 Å². The molecule has 1 N–H and O–H groups in total. The van der Waals surface area contributed by atoms with E-state index in [4.69, 9.17) is 0 Å². The quantitative estimate of drug-likeness (QED) is 0.418. The van der Waals surface area contributed by atoms with Gasteiger partial charge in [-0.2, -0.15) is 0 Å². The lowest BCUT2D eigenvalue weighted by Crippen LogP contribution is -2.22. The molecule has 0 radical (unpaired) electrons. The average Bonchev–Trinajstić information content (AvgIpc) is 3.00. The van der Waals surface area contributed by atoms with E-state index in [1.807, 2.05) is 10.8 Å². The van der Waals surface area contributed by atoms with Crippen LogP contribution in [0.3, 0.4) is 0 Å². The molecule has 6 heteroatoms. The van der Waals surface area contributed by atoms with Gasteiger partial charge < -0.3 is 5.32 Å². The highest BCUT2D eigenvalue weighted by Gasteiger charge is 2.19. The van der Waals surface area contributed by atoms with Crippen LogP contribution in [0.4, 0.5) is 0 Å². The second-order valence-corrected chi connectivity index (χ2v) is 4.90. The third-order valence-corrected chi connectivity index (χ3v) is 3.38.